The number of nitrogens with zero attached hydrogens (tertiary/aromatic N) is 6. The standard InChI is InChI=1S/C20H20N8O/c1-12-7-15(9-22-27-12)20(29)25-16-6-4-5-14(8-16)13(2)24-18-11-21-17-10-23-28(3)19(17)26-18/h4-11,13H,1-3H3,(H,24,26)(H,25,29)/t13-/m0/s1. The zero-order valence-corrected chi connectivity index (χ0v) is 16.3. The first-order valence-corrected chi connectivity index (χ1v) is 9.11. The second-order valence-electron chi connectivity index (χ2n) is 6.76. The Morgan fingerprint density at radius 2 is 2.03 bits per heavy atom. The molecule has 0 aliphatic carbocycles. The predicted molar refractivity (Wildman–Crippen MR) is 110 cm³/mol. The van der Waals surface area contributed by atoms with Crippen molar-refractivity contribution < 1.29 is 4.79 Å². The lowest BCUT2D eigenvalue weighted by molar-refractivity contribution is 0.102. The Morgan fingerprint density at radius 3 is 2.86 bits per heavy atom. The largest absolute Gasteiger partial charge is 0.362 e. The number of carbonyl (C=O) groups is 1. The number of aromatic nitrogens is 6. The van der Waals surface area contributed by atoms with Crippen molar-refractivity contribution >= 4 is 28.6 Å². The smallest absolute Gasteiger partial charge is 0.257 e. The fourth-order valence-corrected chi connectivity index (χ4v) is 2.98. The number of hydrogen-bond donors (Lipinski definition) is 2. The minimum Gasteiger partial charge on any atom is -0.362 e. The van der Waals surface area contributed by atoms with Crippen LogP contribution in [-0.2, 0) is 7.05 Å². The molecule has 0 unspecified atom stereocenters. The van der Waals surface area contributed by atoms with E-state index in [0.29, 0.717) is 28.4 Å². The zero-order chi connectivity index (χ0) is 20.4. The Kier molecular flexibility index (Phi) is 4.86. The average Bonchev–Trinajstić information content (AvgIpc) is 3.08. The summed E-state index contributed by atoms with van der Waals surface area (Å²) < 4.78 is 1.68. The van der Waals surface area contributed by atoms with E-state index in [4.69, 9.17) is 0 Å². The van der Waals surface area contributed by atoms with Gasteiger partial charge in [0.2, 0.25) is 0 Å². The molecule has 9 nitrogen and oxygen atoms in total. The van der Waals surface area contributed by atoms with Gasteiger partial charge in [-0.25, -0.2) is 14.6 Å². The van der Waals surface area contributed by atoms with Crippen LogP contribution in [0, 0.1) is 6.92 Å². The van der Waals surface area contributed by atoms with E-state index in [0.717, 1.165) is 11.1 Å². The van der Waals surface area contributed by atoms with Crippen molar-refractivity contribution in [2.45, 2.75) is 19.9 Å². The van der Waals surface area contributed by atoms with Crippen LogP contribution in [0.15, 0.2) is 48.9 Å². The van der Waals surface area contributed by atoms with Gasteiger partial charge in [0.15, 0.2) is 5.65 Å². The predicted octanol–water partition coefficient (Wildman–Crippen LogP) is 2.89. The number of amides is 1. The quantitative estimate of drug-likeness (QED) is 0.541. The van der Waals surface area contributed by atoms with Crippen LogP contribution >= 0.6 is 0 Å². The van der Waals surface area contributed by atoms with Crippen molar-refractivity contribution in [1.82, 2.24) is 29.9 Å². The molecule has 1 atom stereocenters. The zero-order valence-electron chi connectivity index (χ0n) is 16.3. The van der Waals surface area contributed by atoms with Gasteiger partial charge in [0.1, 0.15) is 11.3 Å². The van der Waals surface area contributed by atoms with Gasteiger partial charge in [-0.2, -0.15) is 15.3 Å². The van der Waals surface area contributed by atoms with E-state index in [1.807, 2.05) is 38.2 Å². The summed E-state index contributed by atoms with van der Waals surface area (Å²) in [7, 11) is 1.83. The molecule has 4 aromatic rings. The van der Waals surface area contributed by atoms with Gasteiger partial charge in [-0.3, -0.25) is 4.79 Å². The summed E-state index contributed by atoms with van der Waals surface area (Å²) in [5.74, 6) is 0.426. The van der Waals surface area contributed by atoms with E-state index in [2.05, 4.69) is 35.9 Å². The van der Waals surface area contributed by atoms with E-state index in [1.54, 1.807) is 30.1 Å². The molecule has 4 rings (SSSR count). The van der Waals surface area contributed by atoms with Gasteiger partial charge in [0.25, 0.3) is 5.91 Å². The third kappa shape index (κ3) is 4.03. The molecule has 29 heavy (non-hydrogen) atoms. The Labute approximate surface area is 167 Å². The Bertz CT molecular complexity index is 1190. The van der Waals surface area contributed by atoms with E-state index in [-0.39, 0.29) is 11.9 Å². The molecule has 0 aliphatic heterocycles. The third-order valence-corrected chi connectivity index (χ3v) is 4.49. The molecular weight excluding hydrogens is 368 g/mol. The number of benzene rings is 1. The molecular formula is C20H20N8O. The third-order valence-electron chi connectivity index (χ3n) is 4.49. The molecule has 0 bridgehead atoms. The van der Waals surface area contributed by atoms with Gasteiger partial charge in [-0.1, -0.05) is 12.1 Å². The fraction of sp³-hybridized carbons (Fsp3) is 0.200. The number of carbonyl (C=O) groups excluding carboxylic acids is 1. The number of anilines is 2. The molecule has 3 aromatic heterocycles. The second kappa shape index (κ2) is 7.63. The highest BCUT2D eigenvalue weighted by molar-refractivity contribution is 6.04. The minimum atomic E-state index is -0.228. The number of fused-ring (bicyclic) bond motifs is 1. The highest BCUT2D eigenvalue weighted by Crippen LogP contribution is 2.22. The van der Waals surface area contributed by atoms with Gasteiger partial charge in [-0.05, 0) is 37.6 Å². The lowest BCUT2D eigenvalue weighted by Crippen LogP contribution is -2.14. The molecule has 0 saturated heterocycles. The van der Waals surface area contributed by atoms with Crippen LogP contribution in [0.5, 0.6) is 0 Å². The van der Waals surface area contributed by atoms with E-state index in [9.17, 15) is 4.79 Å². The highest BCUT2D eigenvalue weighted by atomic mass is 16.1. The molecule has 0 fully saturated rings. The highest BCUT2D eigenvalue weighted by Gasteiger charge is 2.11. The molecule has 0 aliphatic rings. The maximum atomic E-state index is 12.4. The minimum absolute atomic E-state index is 0.0448. The summed E-state index contributed by atoms with van der Waals surface area (Å²) in [4.78, 5) is 21.4. The second-order valence-corrected chi connectivity index (χ2v) is 6.76. The summed E-state index contributed by atoms with van der Waals surface area (Å²) in [6.07, 6.45) is 4.82. The summed E-state index contributed by atoms with van der Waals surface area (Å²) in [5.41, 5.74) is 4.31. The molecule has 1 aromatic carbocycles. The van der Waals surface area contributed by atoms with E-state index in [1.165, 1.54) is 6.20 Å². The fourth-order valence-electron chi connectivity index (χ4n) is 2.98. The number of nitrogens with one attached hydrogen (secondary N) is 2. The first-order chi connectivity index (χ1) is 14.0. The van der Waals surface area contributed by atoms with Gasteiger partial charge in [0, 0.05) is 12.7 Å². The van der Waals surface area contributed by atoms with Crippen molar-refractivity contribution in [1.29, 1.82) is 0 Å². The van der Waals surface area contributed by atoms with Gasteiger partial charge < -0.3 is 10.6 Å². The lowest BCUT2D eigenvalue weighted by atomic mass is 10.1. The SMILES string of the molecule is Cc1cc(C(=O)Nc2cccc([C@H](C)Nc3cnc4cnn(C)c4n3)c2)cnn1. The number of aryl methyl sites for hydroxylation is 2. The van der Waals surface area contributed by atoms with Crippen LogP contribution in [0.3, 0.4) is 0 Å². The van der Waals surface area contributed by atoms with Crippen LogP contribution in [0.1, 0.15) is 34.6 Å². The monoisotopic (exact) mass is 388 g/mol. The van der Waals surface area contributed by atoms with Gasteiger partial charge in [-0.15, -0.1) is 0 Å². The maximum Gasteiger partial charge on any atom is 0.257 e. The summed E-state index contributed by atoms with van der Waals surface area (Å²) in [5, 5.41) is 18.1. The first-order valence-electron chi connectivity index (χ1n) is 9.11. The van der Waals surface area contributed by atoms with Crippen LogP contribution in [0.4, 0.5) is 11.5 Å². The van der Waals surface area contributed by atoms with Gasteiger partial charge >= 0.3 is 0 Å². The average molecular weight is 388 g/mol. The van der Waals surface area contributed by atoms with Crippen LogP contribution in [-0.4, -0.2) is 35.9 Å². The normalized spacial score (nSPS) is 12.0. The van der Waals surface area contributed by atoms with Gasteiger partial charge in [0.05, 0.1) is 35.9 Å². The summed E-state index contributed by atoms with van der Waals surface area (Å²) >= 11 is 0. The Morgan fingerprint density at radius 1 is 1.17 bits per heavy atom. The van der Waals surface area contributed by atoms with Crippen molar-refractivity contribution in [2.75, 3.05) is 10.6 Å². The van der Waals surface area contributed by atoms with Crippen molar-refractivity contribution in [2.24, 2.45) is 7.05 Å². The summed E-state index contributed by atoms with van der Waals surface area (Å²) in [6, 6.07) is 9.31. The lowest BCUT2D eigenvalue weighted by Gasteiger charge is -2.16. The number of hydrogen-bond acceptors (Lipinski definition) is 7. The first kappa shape index (κ1) is 18.5. The molecule has 3 heterocycles. The molecule has 0 saturated carbocycles. The van der Waals surface area contributed by atoms with E-state index < -0.39 is 0 Å². The summed E-state index contributed by atoms with van der Waals surface area (Å²) in [6.45, 7) is 3.82. The molecule has 146 valence electrons. The number of rotatable bonds is 5. The molecule has 2 N–H and O–H groups in total. The van der Waals surface area contributed by atoms with Crippen LogP contribution in [0.25, 0.3) is 11.2 Å². The molecule has 1 amide bonds. The molecule has 9 heteroatoms. The topological polar surface area (TPSA) is 111 Å². The maximum absolute atomic E-state index is 12.4. The van der Waals surface area contributed by atoms with Crippen LogP contribution in [0.2, 0.25) is 0 Å². The van der Waals surface area contributed by atoms with E-state index >= 15 is 0 Å². The Balaban J connectivity index is 1.49. The van der Waals surface area contributed by atoms with Crippen LogP contribution < -0.4 is 10.6 Å². The Hall–Kier alpha value is -3.88. The molecule has 0 radical (unpaired) electrons. The van der Waals surface area contributed by atoms with Crippen molar-refractivity contribution in [3.63, 3.8) is 0 Å². The molecule has 0 spiro atoms. The van der Waals surface area contributed by atoms with Crippen molar-refractivity contribution in [3.8, 4) is 0 Å². The van der Waals surface area contributed by atoms with Crippen molar-refractivity contribution in [3.05, 3.63) is 65.7 Å².